The van der Waals surface area contributed by atoms with Gasteiger partial charge in [0.15, 0.2) is 0 Å². The Morgan fingerprint density at radius 1 is 1.08 bits per heavy atom. The van der Waals surface area contributed by atoms with Gasteiger partial charge in [-0.05, 0) is 52.9 Å². The first-order chi connectivity index (χ1) is 11.3. The molecule has 24 heavy (non-hydrogen) atoms. The van der Waals surface area contributed by atoms with Crippen molar-refractivity contribution < 1.29 is 23.8 Å². The minimum atomic E-state index is -0.454. The highest BCUT2D eigenvalue weighted by Gasteiger charge is 2.31. The highest BCUT2D eigenvalue weighted by molar-refractivity contribution is 5.72. The summed E-state index contributed by atoms with van der Waals surface area (Å²) in [5, 5.41) is 0. The number of esters is 1. The predicted molar refractivity (Wildman–Crippen MR) is 89.6 cm³/mol. The second kappa shape index (κ2) is 8.19. The lowest BCUT2D eigenvalue weighted by Crippen LogP contribution is -2.35. The summed E-state index contributed by atoms with van der Waals surface area (Å²) in [4.78, 5) is 25.4. The van der Waals surface area contributed by atoms with Crippen LogP contribution in [0.15, 0.2) is 0 Å². The Morgan fingerprint density at radius 3 is 2.33 bits per heavy atom. The number of rotatable bonds is 4. The van der Waals surface area contributed by atoms with Crippen LogP contribution >= 0.6 is 0 Å². The van der Waals surface area contributed by atoms with Crippen molar-refractivity contribution in [1.82, 2.24) is 4.90 Å². The first-order valence-electron chi connectivity index (χ1n) is 8.96. The van der Waals surface area contributed by atoms with Gasteiger partial charge in [0.05, 0.1) is 25.7 Å². The van der Waals surface area contributed by atoms with Crippen LogP contribution in [0.5, 0.6) is 0 Å². The third-order valence-corrected chi connectivity index (χ3v) is 4.71. The molecule has 2 fully saturated rings. The second-order valence-electron chi connectivity index (χ2n) is 7.91. The zero-order valence-electron chi connectivity index (χ0n) is 15.4. The van der Waals surface area contributed by atoms with Crippen molar-refractivity contribution in [3.05, 3.63) is 0 Å². The van der Waals surface area contributed by atoms with Crippen LogP contribution in [-0.2, 0) is 19.0 Å². The Balaban J connectivity index is 1.66. The Bertz CT molecular complexity index is 437. The molecule has 0 spiro atoms. The second-order valence-corrected chi connectivity index (χ2v) is 7.91. The fourth-order valence-electron chi connectivity index (χ4n) is 3.37. The molecule has 0 aromatic heterocycles. The summed E-state index contributed by atoms with van der Waals surface area (Å²) in [6.45, 7) is 7.75. The Morgan fingerprint density at radius 2 is 1.75 bits per heavy atom. The quantitative estimate of drug-likeness (QED) is 0.736. The average molecular weight is 341 g/mol. The molecular weight excluding hydrogens is 310 g/mol. The van der Waals surface area contributed by atoms with Crippen LogP contribution in [-0.4, -0.2) is 55.5 Å². The molecule has 1 amide bonds. The zero-order chi connectivity index (χ0) is 17.7. The molecule has 1 aliphatic carbocycles. The molecule has 0 aromatic rings. The molecular formula is C18H31NO5. The molecule has 1 saturated carbocycles. The number of carbonyl (C=O) groups is 2. The van der Waals surface area contributed by atoms with E-state index in [9.17, 15) is 9.59 Å². The van der Waals surface area contributed by atoms with Gasteiger partial charge in [-0.15, -0.1) is 0 Å². The van der Waals surface area contributed by atoms with Crippen molar-refractivity contribution in [2.75, 3.05) is 26.8 Å². The molecule has 2 aliphatic rings. The summed E-state index contributed by atoms with van der Waals surface area (Å²) in [5.41, 5.74) is -0.454. The first kappa shape index (κ1) is 19.0. The fraction of sp³-hybridized carbons (Fsp3) is 0.889. The van der Waals surface area contributed by atoms with E-state index in [1.807, 2.05) is 20.8 Å². The minimum absolute atomic E-state index is 0.0315. The van der Waals surface area contributed by atoms with Crippen LogP contribution < -0.4 is 0 Å². The molecule has 0 bridgehead atoms. The van der Waals surface area contributed by atoms with Gasteiger partial charge in [0.2, 0.25) is 0 Å². The summed E-state index contributed by atoms with van der Waals surface area (Å²) in [6.07, 6.45) is 4.43. The Hall–Kier alpha value is -1.30. The standard InChI is InChI=1S/C18H31NO5/c1-18(2,3)24-17(21)19-10-9-13(11-19)12-23-15-7-5-14(6-8-15)16(20)22-4/h13-15H,5-12H2,1-4H3/t13-,14-,15-/m1/s1. The molecule has 0 N–H and O–H groups in total. The maximum absolute atomic E-state index is 12.1. The average Bonchev–Trinajstić information content (AvgIpc) is 3.00. The summed E-state index contributed by atoms with van der Waals surface area (Å²) in [6, 6.07) is 0. The van der Waals surface area contributed by atoms with E-state index in [2.05, 4.69) is 0 Å². The molecule has 1 heterocycles. The highest BCUT2D eigenvalue weighted by Crippen LogP contribution is 2.28. The summed E-state index contributed by atoms with van der Waals surface area (Å²) >= 11 is 0. The van der Waals surface area contributed by atoms with Gasteiger partial charge in [0.1, 0.15) is 5.60 Å². The minimum Gasteiger partial charge on any atom is -0.469 e. The Labute approximate surface area is 144 Å². The number of methoxy groups -OCH3 is 1. The number of hydrogen-bond acceptors (Lipinski definition) is 5. The maximum Gasteiger partial charge on any atom is 0.410 e. The molecule has 2 rings (SSSR count). The third kappa shape index (κ3) is 5.65. The van der Waals surface area contributed by atoms with Gasteiger partial charge in [-0.1, -0.05) is 0 Å². The largest absolute Gasteiger partial charge is 0.469 e. The van der Waals surface area contributed by atoms with Crippen molar-refractivity contribution in [1.29, 1.82) is 0 Å². The summed E-state index contributed by atoms with van der Waals surface area (Å²) in [5.74, 6) is 0.303. The van der Waals surface area contributed by atoms with Crippen molar-refractivity contribution in [2.24, 2.45) is 11.8 Å². The lowest BCUT2D eigenvalue weighted by atomic mass is 9.87. The van der Waals surface area contributed by atoms with E-state index in [0.29, 0.717) is 19.1 Å². The van der Waals surface area contributed by atoms with Gasteiger partial charge < -0.3 is 19.1 Å². The van der Waals surface area contributed by atoms with Crippen LogP contribution in [0.2, 0.25) is 0 Å². The topological polar surface area (TPSA) is 65.1 Å². The Kier molecular flexibility index (Phi) is 6.49. The number of carbonyl (C=O) groups excluding carboxylic acids is 2. The van der Waals surface area contributed by atoms with Gasteiger partial charge >= 0.3 is 12.1 Å². The molecule has 1 aliphatic heterocycles. The fourth-order valence-corrected chi connectivity index (χ4v) is 3.37. The van der Waals surface area contributed by atoms with Gasteiger partial charge in [0.25, 0.3) is 0 Å². The predicted octanol–water partition coefficient (Wildman–Crippen LogP) is 2.99. The van der Waals surface area contributed by atoms with Gasteiger partial charge in [-0.3, -0.25) is 4.79 Å². The molecule has 0 aromatic carbocycles. The maximum atomic E-state index is 12.1. The SMILES string of the molecule is COC(=O)[C@H]1CC[C@H](OC[C@@H]2CCN(C(=O)OC(C)(C)C)C2)CC1. The normalized spacial score (nSPS) is 27.8. The molecule has 6 nitrogen and oxygen atoms in total. The zero-order valence-corrected chi connectivity index (χ0v) is 15.4. The van der Waals surface area contributed by atoms with Crippen LogP contribution in [0, 0.1) is 11.8 Å². The smallest absolute Gasteiger partial charge is 0.410 e. The van der Waals surface area contributed by atoms with E-state index >= 15 is 0 Å². The molecule has 1 atom stereocenters. The van der Waals surface area contributed by atoms with Crippen molar-refractivity contribution >= 4 is 12.1 Å². The molecule has 1 saturated heterocycles. The number of amides is 1. The molecule has 0 radical (unpaired) electrons. The number of likely N-dealkylation sites (tertiary alicyclic amines) is 1. The molecule has 138 valence electrons. The highest BCUT2D eigenvalue weighted by atomic mass is 16.6. The summed E-state index contributed by atoms with van der Waals surface area (Å²) in [7, 11) is 1.45. The van der Waals surface area contributed by atoms with Crippen molar-refractivity contribution in [3.8, 4) is 0 Å². The van der Waals surface area contributed by atoms with E-state index in [4.69, 9.17) is 14.2 Å². The van der Waals surface area contributed by atoms with Gasteiger partial charge in [0, 0.05) is 19.0 Å². The summed E-state index contributed by atoms with van der Waals surface area (Å²) < 4.78 is 16.2. The monoisotopic (exact) mass is 341 g/mol. The lowest BCUT2D eigenvalue weighted by molar-refractivity contribution is -0.147. The van der Waals surface area contributed by atoms with Crippen LogP contribution in [0.4, 0.5) is 4.79 Å². The van der Waals surface area contributed by atoms with Crippen LogP contribution in [0.3, 0.4) is 0 Å². The number of ether oxygens (including phenoxy) is 3. The van der Waals surface area contributed by atoms with Crippen LogP contribution in [0.1, 0.15) is 52.9 Å². The first-order valence-corrected chi connectivity index (χ1v) is 8.96. The molecule has 6 heteroatoms. The lowest BCUT2D eigenvalue weighted by Gasteiger charge is -2.28. The van der Waals surface area contributed by atoms with Crippen molar-refractivity contribution in [3.63, 3.8) is 0 Å². The number of nitrogens with zero attached hydrogens (tertiary/aromatic N) is 1. The van der Waals surface area contributed by atoms with Crippen molar-refractivity contribution in [2.45, 2.75) is 64.6 Å². The van der Waals surface area contributed by atoms with E-state index in [-0.39, 0.29) is 24.1 Å². The van der Waals surface area contributed by atoms with E-state index < -0.39 is 5.60 Å². The van der Waals surface area contributed by atoms with E-state index in [1.165, 1.54) is 7.11 Å². The molecule has 0 unspecified atom stereocenters. The van der Waals surface area contributed by atoms with Gasteiger partial charge in [-0.25, -0.2) is 4.79 Å². The third-order valence-electron chi connectivity index (χ3n) is 4.71. The number of hydrogen-bond donors (Lipinski definition) is 0. The van der Waals surface area contributed by atoms with Crippen LogP contribution in [0.25, 0.3) is 0 Å². The van der Waals surface area contributed by atoms with E-state index in [1.54, 1.807) is 4.90 Å². The van der Waals surface area contributed by atoms with Gasteiger partial charge in [-0.2, -0.15) is 0 Å². The van der Waals surface area contributed by atoms with E-state index in [0.717, 1.165) is 38.6 Å².